The van der Waals surface area contributed by atoms with Crippen LogP contribution < -0.4 is 5.32 Å². The van der Waals surface area contributed by atoms with Crippen LogP contribution in [0.25, 0.3) is 10.9 Å². The van der Waals surface area contributed by atoms with E-state index in [2.05, 4.69) is 15.3 Å². The molecule has 0 saturated heterocycles. The van der Waals surface area contributed by atoms with Crippen LogP contribution in [0, 0.1) is 40.8 Å². The van der Waals surface area contributed by atoms with E-state index < -0.39 is 0 Å². The maximum atomic E-state index is 13.9. The van der Waals surface area contributed by atoms with Crippen LogP contribution in [-0.4, -0.2) is 15.9 Å². The van der Waals surface area contributed by atoms with E-state index in [9.17, 15) is 9.18 Å². The van der Waals surface area contributed by atoms with Crippen molar-refractivity contribution in [1.29, 1.82) is 5.26 Å². The monoisotopic (exact) mass is 428 g/mol. The molecular formula is C26H25FN4O. The van der Waals surface area contributed by atoms with Crippen LogP contribution in [0.15, 0.2) is 48.8 Å². The number of carbonyl (C=O) groups excluding carboxylic acids is 1. The van der Waals surface area contributed by atoms with E-state index in [0.717, 1.165) is 36.6 Å². The van der Waals surface area contributed by atoms with Gasteiger partial charge >= 0.3 is 0 Å². The molecule has 0 spiro atoms. The van der Waals surface area contributed by atoms with Crippen molar-refractivity contribution >= 4 is 22.6 Å². The van der Waals surface area contributed by atoms with E-state index in [-0.39, 0.29) is 17.6 Å². The van der Waals surface area contributed by atoms with Crippen LogP contribution in [0.3, 0.4) is 0 Å². The number of aromatic nitrogens is 2. The molecule has 1 amide bonds. The molecule has 2 aromatic heterocycles. The Morgan fingerprint density at radius 1 is 1.12 bits per heavy atom. The number of hydrogen-bond donors (Lipinski definition) is 1. The van der Waals surface area contributed by atoms with Gasteiger partial charge in [-0.05, 0) is 91.3 Å². The summed E-state index contributed by atoms with van der Waals surface area (Å²) in [4.78, 5) is 21.3. The lowest BCUT2D eigenvalue weighted by molar-refractivity contribution is -0.120. The highest BCUT2D eigenvalue weighted by Crippen LogP contribution is 2.54. The highest BCUT2D eigenvalue weighted by atomic mass is 19.1. The number of hydrogen-bond acceptors (Lipinski definition) is 4. The standard InChI is InChI=1S/C26H25FN4O/c1-15(26(32)31-25-5-2-16(13-28)14-30-25)17-8-18-10-20(11-19(18)9-17)22-6-7-29-24-4-3-21(27)12-23(22)24/h2-7,12,14-15,17-20H,8-11H2,1H3,(H,30,31,32)/t15?,17-,18-,19+,20+. The van der Waals surface area contributed by atoms with Crippen molar-refractivity contribution in [2.45, 2.75) is 38.5 Å². The Hall–Kier alpha value is -3.33. The molecule has 6 heteroatoms. The van der Waals surface area contributed by atoms with Gasteiger partial charge in [-0.1, -0.05) is 6.92 Å². The molecule has 2 aliphatic rings. The number of nitrogens with one attached hydrogen (secondary N) is 1. The molecule has 5 rings (SSSR count). The van der Waals surface area contributed by atoms with Gasteiger partial charge in [0.05, 0.1) is 11.1 Å². The van der Waals surface area contributed by atoms with Crippen LogP contribution in [0.1, 0.15) is 49.7 Å². The lowest BCUT2D eigenvalue weighted by Gasteiger charge is -2.21. The predicted octanol–water partition coefficient (Wildman–Crippen LogP) is 5.44. The first-order valence-corrected chi connectivity index (χ1v) is 11.2. The molecule has 3 aromatic rings. The zero-order valence-electron chi connectivity index (χ0n) is 18.0. The van der Waals surface area contributed by atoms with Crippen molar-refractivity contribution in [3.8, 4) is 6.07 Å². The second-order valence-electron chi connectivity index (χ2n) is 9.30. The average molecular weight is 429 g/mol. The van der Waals surface area contributed by atoms with Crippen molar-refractivity contribution in [3.05, 3.63) is 65.7 Å². The Morgan fingerprint density at radius 2 is 1.91 bits per heavy atom. The molecule has 5 atom stereocenters. The summed E-state index contributed by atoms with van der Waals surface area (Å²) in [6, 6.07) is 12.2. The summed E-state index contributed by atoms with van der Waals surface area (Å²) in [5.41, 5.74) is 2.53. The fourth-order valence-corrected chi connectivity index (χ4v) is 5.81. The first-order chi connectivity index (χ1) is 15.5. The second-order valence-corrected chi connectivity index (χ2v) is 9.30. The van der Waals surface area contributed by atoms with Crippen molar-refractivity contribution in [1.82, 2.24) is 9.97 Å². The molecule has 2 aliphatic carbocycles. The van der Waals surface area contributed by atoms with Gasteiger partial charge in [0.25, 0.3) is 0 Å². The van der Waals surface area contributed by atoms with Gasteiger partial charge < -0.3 is 5.32 Å². The van der Waals surface area contributed by atoms with E-state index in [1.807, 2.05) is 25.3 Å². The normalized spacial score (nSPS) is 25.3. The van der Waals surface area contributed by atoms with Crippen molar-refractivity contribution in [2.75, 3.05) is 5.32 Å². The lowest BCUT2D eigenvalue weighted by Crippen LogP contribution is -2.26. The molecule has 0 radical (unpaired) electrons. The van der Waals surface area contributed by atoms with Crippen molar-refractivity contribution < 1.29 is 9.18 Å². The lowest BCUT2D eigenvalue weighted by atomic mass is 9.86. The molecule has 2 heterocycles. The van der Waals surface area contributed by atoms with Crippen molar-refractivity contribution in [2.24, 2.45) is 23.7 Å². The van der Waals surface area contributed by atoms with Gasteiger partial charge in [-0.3, -0.25) is 9.78 Å². The summed E-state index contributed by atoms with van der Waals surface area (Å²) in [6.07, 6.45) is 7.57. The molecule has 2 fully saturated rings. The number of rotatable bonds is 4. The average Bonchev–Trinajstić information content (AvgIpc) is 3.38. The number of benzene rings is 1. The van der Waals surface area contributed by atoms with Crippen LogP contribution in [0.4, 0.5) is 10.2 Å². The molecular weight excluding hydrogens is 403 g/mol. The molecule has 2 saturated carbocycles. The summed E-state index contributed by atoms with van der Waals surface area (Å²) in [7, 11) is 0. The number of halogens is 1. The number of fused-ring (bicyclic) bond motifs is 2. The molecule has 5 nitrogen and oxygen atoms in total. The Kier molecular flexibility index (Phi) is 5.34. The fourth-order valence-electron chi connectivity index (χ4n) is 5.81. The molecule has 162 valence electrons. The zero-order chi connectivity index (χ0) is 22.2. The predicted molar refractivity (Wildman–Crippen MR) is 120 cm³/mol. The number of carbonyl (C=O) groups is 1. The third-order valence-electron chi connectivity index (χ3n) is 7.49. The Morgan fingerprint density at radius 3 is 2.59 bits per heavy atom. The minimum Gasteiger partial charge on any atom is -0.310 e. The second kappa shape index (κ2) is 8.31. The number of nitriles is 1. The molecule has 0 aliphatic heterocycles. The van der Waals surface area contributed by atoms with E-state index in [4.69, 9.17) is 5.26 Å². The maximum absolute atomic E-state index is 13.9. The number of amides is 1. The summed E-state index contributed by atoms with van der Waals surface area (Å²) in [5.74, 6) is 2.14. The van der Waals surface area contributed by atoms with Crippen LogP contribution in [0.2, 0.25) is 0 Å². The minimum atomic E-state index is -0.221. The Labute approximate surface area is 186 Å². The quantitative estimate of drug-likeness (QED) is 0.601. The first kappa shape index (κ1) is 20.6. The van der Waals surface area contributed by atoms with Crippen LogP contribution in [-0.2, 0) is 4.79 Å². The summed E-state index contributed by atoms with van der Waals surface area (Å²) in [5, 5.41) is 12.7. The SMILES string of the molecule is CC(C(=O)Nc1ccc(C#N)cn1)[C@H]1C[C@H]2C[C@@H](c3ccnc4ccc(F)cc34)C[C@H]2C1. The van der Waals surface area contributed by atoms with E-state index in [1.165, 1.54) is 17.8 Å². The third-order valence-corrected chi connectivity index (χ3v) is 7.49. The fraction of sp³-hybridized carbons (Fsp3) is 0.385. The van der Waals surface area contributed by atoms with Crippen LogP contribution >= 0.6 is 0 Å². The van der Waals surface area contributed by atoms with Gasteiger partial charge in [-0.15, -0.1) is 0 Å². The van der Waals surface area contributed by atoms with E-state index in [1.54, 1.807) is 24.3 Å². The highest BCUT2D eigenvalue weighted by Gasteiger charge is 2.44. The highest BCUT2D eigenvalue weighted by molar-refractivity contribution is 5.91. The van der Waals surface area contributed by atoms with Crippen molar-refractivity contribution in [3.63, 3.8) is 0 Å². The maximum Gasteiger partial charge on any atom is 0.228 e. The van der Waals surface area contributed by atoms with Crippen LogP contribution in [0.5, 0.6) is 0 Å². The summed E-state index contributed by atoms with van der Waals surface area (Å²) in [6.45, 7) is 2.00. The largest absolute Gasteiger partial charge is 0.310 e. The number of pyridine rings is 2. The summed E-state index contributed by atoms with van der Waals surface area (Å²) >= 11 is 0. The summed E-state index contributed by atoms with van der Waals surface area (Å²) < 4.78 is 13.9. The van der Waals surface area contributed by atoms with Gasteiger partial charge in [0.1, 0.15) is 17.7 Å². The Balaban J connectivity index is 1.23. The van der Waals surface area contributed by atoms with E-state index in [0.29, 0.717) is 35.1 Å². The molecule has 32 heavy (non-hydrogen) atoms. The van der Waals surface area contributed by atoms with Gasteiger partial charge in [-0.25, -0.2) is 9.37 Å². The third kappa shape index (κ3) is 3.84. The smallest absolute Gasteiger partial charge is 0.228 e. The molecule has 1 N–H and O–H groups in total. The van der Waals surface area contributed by atoms with E-state index >= 15 is 0 Å². The van der Waals surface area contributed by atoms with Gasteiger partial charge in [-0.2, -0.15) is 5.26 Å². The Bertz CT molecular complexity index is 1190. The topological polar surface area (TPSA) is 78.7 Å². The van der Waals surface area contributed by atoms with Gasteiger partial charge in [0.2, 0.25) is 5.91 Å². The van der Waals surface area contributed by atoms with Gasteiger partial charge in [0, 0.05) is 23.7 Å². The number of nitrogens with zero attached hydrogens (tertiary/aromatic N) is 3. The molecule has 0 bridgehead atoms. The molecule has 1 aromatic carbocycles. The number of anilines is 1. The first-order valence-electron chi connectivity index (χ1n) is 11.2. The zero-order valence-corrected chi connectivity index (χ0v) is 18.0. The minimum absolute atomic E-state index is 0.0145. The van der Waals surface area contributed by atoms with Gasteiger partial charge in [0.15, 0.2) is 0 Å². The molecule has 1 unspecified atom stereocenters.